The maximum atomic E-state index is 13.2. The van der Waals surface area contributed by atoms with Crippen molar-refractivity contribution in [2.45, 2.75) is 26.4 Å². The molecule has 142 valence electrons. The number of allylic oxidation sites excluding steroid dienone is 3. The monoisotopic (exact) mass is 384 g/mol. The lowest BCUT2D eigenvalue weighted by molar-refractivity contribution is 0.156. The molecule has 0 saturated heterocycles. The van der Waals surface area contributed by atoms with E-state index in [1.165, 1.54) is 16.0 Å². The summed E-state index contributed by atoms with van der Waals surface area (Å²) in [5, 5.41) is 6.28. The second-order valence-corrected chi connectivity index (χ2v) is 7.45. The SMILES string of the molecule is CC/C=C(\C=C/C(C)OC)n1ncc2c(sc3nccc(N(C)C)c32)c1=O. The smallest absolute Gasteiger partial charge is 0.289 e. The maximum absolute atomic E-state index is 13.2. The highest BCUT2D eigenvalue weighted by Gasteiger charge is 2.16. The number of fused-ring (bicyclic) bond motifs is 3. The number of ether oxygens (including phenoxy) is 1. The van der Waals surface area contributed by atoms with Crippen molar-refractivity contribution < 1.29 is 4.74 Å². The van der Waals surface area contributed by atoms with Gasteiger partial charge in [0.1, 0.15) is 9.53 Å². The Bertz CT molecular complexity index is 1080. The number of thiophene rings is 1. The van der Waals surface area contributed by atoms with Crippen molar-refractivity contribution in [3.63, 3.8) is 0 Å². The van der Waals surface area contributed by atoms with Crippen LogP contribution in [0, 0.1) is 0 Å². The van der Waals surface area contributed by atoms with Crippen LogP contribution in [0.3, 0.4) is 0 Å². The van der Waals surface area contributed by atoms with Gasteiger partial charge < -0.3 is 9.64 Å². The van der Waals surface area contributed by atoms with Crippen LogP contribution < -0.4 is 10.5 Å². The summed E-state index contributed by atoms with van der Waals surface area (Å²) in [6.45, 7) is 3.98. The quantitative estimate of drug-likeness (QED) is 0.603. The average Bonchev–Trinajstić information content (AvgIpc) is 3.05. The minimum Gasteiger partial charge on any atom is -0.378 e. The molecule has 3 aromatic rings. The summed E-state index contributed by atoms with van der Waals surface area (Å²) in [6.07, 6.45) is 10.1. The molecule has 0 aliphatic carbocycles. The molecule has 0 aromatic carbocycles. The lowest BCUT2D eigenvalue weighted by Gasteiger charge is -2.13. The number of nitrogens with zero attached hydrogens (tertiary/aromatic N) is 4. The van der Waals surface area contributed by atoms with Gasteiger partial charge >= 0.3 is 0 Å². The van der Waals surface area contributed by atoms with Gasteiger partial charge in [0, 0.05) is 43.9 Å². The summed E-state index contributed by atoms with van der Waals surface area (Å²) in [6, 6.07) is 1.96. The van der Waals surface area contributed by atoms with Gasteiger partial charge in [-0.25, -0.2) is 4.98 Å². The molecule has 3 aromatic heterocycles. The summed E-state index contributed by atoms with van der Waals surface area (Å²) in [4.78, 5) is 20.5. The molecule has 0 amide bonds. The number of pyridine rings is 1. The molecule has 0 fully saturated rings. The standard InChI is InChI=1S/C20H24N4O2S/c1-6-7-14(9-8-13(2)26-5)24-20(25)18-15(12-22-24)17-16(23(3)4)10-11-21-19(17)27-18/h7-13H,6H2,1-5H3/b9-8-,14-7+. The number of anilines is 1. The van der Waals surface area contributed by atoms with Crippen LogP contribution in [0.1, 0.15) is 20.3 Å². The zero-order chi connectivity index (χ0) is 19.6. The minimum atomic E-state index is -0.130. The second-order valence-electron chi connectivity index (χ2n) is 6.45. The molecule has 7 heteroatoms. The van der Waals surface area contributed by atoms with Crippen molar-refractivity contribution >= 4 is 43.0 Å². The molecule has 0 aliphatic heterocycles. The second kappa shape index (κ2) is 8.02. The molecule has 0 N–H and O–H groups in total. The summed E-state index contributed by atoms with van der Waals surface area (Å²) < 4.78 is 7.38. The lowest BCUT2D eigenvalue weighted by atomic mass is 10.2. The summed E-state index contributed by atoms with van der Waals surface area (Å²) in [5.74, 6) is 0. The van der Waals surface area contributed by atoms with E-state index in [2.05, 4.69) is 10.1 Å². The van der Waals surface area contributed by atoms with Crippen LogP contribution in [0.2, 0.25) is 0 Å². The molecule has 0 spiro atoms. The van der Waals surface area contributed by atoms with Crippen LogP contribution in [0.15, 0.2) is 41.5 Å². The van der Waals surface area contributed by atoms with Crippen LogP contribution in [0.4, 0.5) is 5.69 Å². The first kappa shape index (κ1) is 19.3. The summed E-state index contributed by atoms with van der Waals surface area (Å²) in [5.41, 5.74) is 1.64. The van der Waals surface area contributed by atoms with Gasteiger partial charge in [-0.2, -0.15) is 9.78 Å². The molecule has 6 nitrogen and oxygen atoms in total. The molecule has 0 bridgehead atoms. The minimum absolute atomic E-state index is 0.0409. The topological polar surface area (TPSA) is 60.2 Å². The highest BCUT2D eigenvalue weighted by Crippen LogP contribution is 2.35. The predicted molar refractivity (Wildman–Crippen MR) is 114 cm³/mol. The van der Waals surface area contributed by atoms with Gasteiger partial charge in [0.25, 0.3) is 5.56 Å². The zero-order valence-electron chi connectivity index (χ0n) is 16.3. The molecule has 27 heavy (non-hydrogen) atoms. The number of hydrogen-bond donors (Lipinski definition) is 0. The largest absolute Gasteiger partial charge is 0.378 e. The Kier molecular flexibility index (Phi) is 5.72. The fourth-order valence-corrected chi connectivity index (χ4v) is 3.94. The molecule has 3 heterocycles. The van der Waals surface area contributed by atoms with Gasteiger partial charge in [-0.05, 0) is 25.5 Å². The molecule has 0 saturated carbocycles. The molecule has 1 atom stereocenters. The van der Waals surface area contributed by atoms with E-state index in [4.69, 9.17) is 4.74 Å². The van der Waals surface area contributed by atoms with Crippen molar-refractivity contribution in [2.24, 2.45) is 0 Å². The van der Waals surface area contributed by atoms with Gasteiger partial charge in [-0.15, -0.1) is 11.3 Å². The van der Waals surface area contributed by atoms with E-state index >= 15 is 0 Å². The van der Waals surface area contributed by atoms with E-state index in [0.717, 1.165) is 33.4 Å². The van der Waals surface area contributed by atoms with Crippen LogP contribution in [0.25, 0.3) is 26.0 Å². The Labute approximate surface area is 162 Å². The molecule has 3 rings (SSSR count). The van der Waals surface area contributed by atoms with E-state index in [-0.39, 0.29) is 11.7 Å². The normalized spacial score (nSPS) is 13.7. The number of hydrogen-bond acceptors (Lipinski definition) is 6. The predicted octanol–water partition coefficient (Wildman–Crippen LogP) is 3.91. The van der Waals surface area contributed by atoms with Crippen molar-refractivity contribution in [3.05, 3.63) is 47.0 Å². The van der Waals surface area contributed by atoms with Gasteiger partial charge in [0.2, 0.25) is 0 Å². The van der Waals surface area contributed by atoms with E-state index in [9.17, 15) is 4.79 Å². The third kappa shape index (κ3) is 3.65. The molecule has 0 aliphatic rings. The number of methoxy groups -OCH3 is 1. The Morgan fingerprint density at radius 1 is 1.44 bits per heavy atom. The van der Waals surface area contributed by atoms with Crippen LogP contribution in [-0.4, -0.2) is 42.1 Å². The third-order valence-corrected chi connectivity index (χ3v) is 5.45. The number of aromatic nitrogens is 3. The Hall–Kier alpha value is -2.51. The van der Waals surface area contributed by atoms with Crippen LogP contribution >= 0.6 is 11.3 Å². The fraction of sp³-hybridized carbons (Fsp3) is 0.350. The van der Waals surface area contributed by atoms with Gasteiger partial charge in [0.05, 0.1) is 18.0 Å². The fourth-order valence-electron chi connectivity index (χ4n) is 2.88. The zero-order valence-corrected chi connectivity index (χ0v) is 17.1. The Morgan fingerprint density at radius 2 is 2.22 bits per heavy atom. The molecule has 0 radical (unpaired) electrons. The third-order valence-electron chi connectivity index (χ3n) is 4.35. The van der Waals surface area contributed by atoms with Gasteiger partial charge in [-0.1, -0.05) is 19.1 Å². The van der Waals surface area contributed by atoms with E-state index < -0.39 is 0 Å². The molecule has 1 unspecified atom stereocenters. The first-order valence-corrected chi connectivity index (χ1v) is 9.68. The maximum Gasteiger partial charge on any atom is 0.289 e. The Balaban J connectivity index is 2.22. The lowest BCUT2D eigenvalue weighted by Crippen LogP contribution is -2.21. The van der Waals surface area contributed by atoms with E-state index in [0.29, 0.717) is 4.70 Å². The highest BCUT2D eigenvalue weighted by molar-refractivity contribution is 7.25. The molecular formula is C20H24N4O2S. The van der Waals surface area contributed by atoms with Gasteiger partial charge in [-0.3, -0.25) is 4.79 Å². The van der Waals surface area contributed by atoms with Crippen LogP contribution in [0.5, 0.6) is 0 Å². The summed E-state index contributed by atoms with van der Waals surface area (Å²) >= 11 is 1.41. The summed E-state index contributed by atoms with van der Waals surface area (Å²) in [7, 11) is 5.62. The van der Waals surface area contributed by atoms with Crippen molar-refractivity contribution in [3.8, 4) is 0 Å². The van der Waals surface area contributed by atoms with Crippen LogP contribution in [-0.2, 0) is 4.74 Å². The first-order valence-electron chi connectivity index (χ1n) is 8.86. The van der Waals surface area contributed by atoms with Crippen molar-refractivity contribution in [1.29, 1.82) is 0 Å². The van der Waals surface area contributed by atoms with Crippen molar-refractivity contribution in [2.75, 3.05) is 26.1 Å². The van der Waals surface area contributed by atoms with Gasteiger partial charge in [0.15, 0.2) is 0 Å². The first-order chi connectivity index (χ1) is 13.0. The number of rotatable bonds is 6. The van der Waals surface area contributed by atoms with Crippen molar-refractivity contribution in [1.82, 2.24) is 14.8 Å². The highest BCUT2D eigenvalue weighted by atomic mass is 32.1. The van der Waals surface area contributed by atoms with E-state index in [1.807, 2.05) is 57.1 Å². The average molecular weight is 385 g/mol. The molecular weight excluding hydrogens is 360 g/mol. The van der Waals surface area contributed by atoms with E-state index in [1.54, 1.807) is 19.5 Å². The Morgan fingerprint density at radius 3 is 2.89 bits per heavy atom.